The molecule has 0 saturated heterocycles. The number of nitriles is 1. The van der Waals surface area contributed by atoms with E-state index in [1.165, 1.54) is 11.3 Å². The number of hydrogen-bond donors (Lipinski definition) is 2. The number of aliphatic hydroxyl groups is 1. The number of amides is 1. The number of nitrogens with one attached hydrogen (secondary N) is 1. The molecule has 0 aliphatic rings. The van der Waals surface area contributed by atoms with Gasteiger partial charge in [-0.25, -0.2) is 0 Å². The van der Waals surface area contributed by atoms with E-state index in [1.54, 1.807) is 37.4 Å². The monoisotopic (exact) mass is 290 g/mol. The molecule has 0 saturated carbocycles. The van der Waals surface area contributed by atoms with Crippen LogP contribution in [0.2, 0.25) is 0 Å². The van der Waals surface area contributed by atoms with Gasteiger partial charge in [0, 0.05) is 0 Å². The Morgan fingerprint density at radius 1 is 1.55 bits per heavy atom. The van der Waals surface area contributed by atoms with E-state index in [4.69, 9.17) is 9.68 Å². The zero-order valence-corrected chi connectivity index (χ0v) is 12.0. The largest absolute Gasteiger partial charge is 0.463 e. The van der Waals surface area contributed by atoms with Gasteiger partial charge >= 0.3 is 0 Å². The Labute approximate surface area is 120 Å². The van der Waals surface area contributed by atoms with Crippen molar-refractivity contribution in [3.63, 3.8) is 0 Å². The molecular weight excluding hydrogens is 276 g/mol. The normalized spacial score (nSPS) is 13.5. The average molecular weight is 290 g/mol. The molecule has 1 amide bonds. The molecule has 0 aromatic carbocycles. The quantitative estimate of drug-likeness (QED) is 0.903. The van der Waals surface area contributed by atoms with Crippen LogP contribution in [0.25, 0.3) is 0 Å². The van der Waals surface area contributed by atoms with E-state index in [-0.39, 0.29) is 12.5 Å². The van der Waals surface area contributed by atoms with Gasteiger partial charge in [-0.1, -0.05) is 0 Å². The molecule has 0 aliphatic carbocycles. The van der Waals surface area contributed by atoms with Crippen molar-refractivity contribution in [2.75, 3.05) is 6.54 Å². The first kappa shape index (κ1) is 14.3. The van der Waals surface area contributed by atoms with E-state index >= 15 is 0 Å². The summed E-state index contributed by atoms with van der Waals surface area (Å²) in [6.45, 7) is 3.34. The molecule has 20 heavy (non-hydrogen) atoms. The van der Waals surface area contributed by atoms with E-state index in [0.29, 0.717) is 22.0 Å². The first-order valence-corrected chi connectivity index (χ1v) is 6.87. The van der Waals surface area contributed by atoms with Gasteiger partial charge in [-0.2, -0.15) is 5.26 Å². The van der Waals surface area contributed by atoms with Crippen molar-refractivity contribution in [2.45, 2.75) is 19.4 Å². The van der Waals surface area contributed by atoms with Gasteiger partial charge in [0.1, 0.15) is 28.1 Å². The zero-order chi connectivity index (χ0) is 14.8. The first-order valence-electron chi connectivity index (χ1n) is 5.99. The smallest absolute Gasteiger partial charge is 0.262 e. The number of carbonyl (C=O) groups excluding carboxylic acids is 1. The summed E-state index contributed by atoms with van der Waals surface area (Å²) < 4.78 is 5.37. The van der Waals surface area contributed by atoms with Crippen LogP contribution in [0.15, 0.2) is 28.0 Å². The highest BCUT2D eigenvalue weighted by molar-refractivity contribution is 7.12. The van der Waals surface area contributed by atoms with Crippen LogP contribution in [0.1, 0.15) is 33.7 Å². The summed E-state index contributed by atoms with van der Waals surface area (Å²) in [7, 11) is 0. The van der Waals surface area contributed by atoms with E-state index < -0.39 is 5.60 Å². The highest BCUT2D eigenvalue weighted by atomic mass is 32.1. The first-order chi connectivity index (χ1) is 9.44. The molecule has 0 aliphatic heterocycles. The Kier molecular flexibility index (Phi) is 3.93. The minimum Gasteiger partial charge on any atom is -0.463 e. The second-order valence-corrected chi connectivity index (χ2v) is 5.56. The molecule has 0 spiro atoms. The minimum atomic E-state index is -1.30. The Morgan fingerprint density at radius 2 is 2.30 bits per heavy atom. The van der Waals surface area contributed by atoms with Gasteiger partial charge in [0.15, 0.2) is 0 Å². The van der Waals surface area contributed by atoms with Crippen LogP contribution >= 0.6 is 11.3 Å². The average Bonchev–Trinajstić information content (AvgIpc) is 3.04. The third-order valence-corrected chi connectivity index (χ3v) is 3.77. The van der Waals surface area contributed by atoms with Crippen molar-refractivity contribution >= 4 is 17.2 Å². The summed E-state index contributed by atoms with van der Waals surface area (Å²) in [5.74, 6) is 0.707. The number of thiophene rings is 1. The molecular formula is C14H14N2O3S. The maximum Gasteiger partial charge on any atom is 0.262 e. The Bertz CT molecular complexity index is 664. The maximum atomic E-state index is 12.0. The molecule has 2 heterocycles. The topological polar surface area (TPSA) is 86.3 Å². The van der Waals surface area contributed by atoms with Crippen LogP contribution in [0.5, 0.6) is 0 Å². The molecule has 1 atom stereocenters. The van der Waals surface area contributed by atoms with Crippen LogP contribution in [-0.4, -0.2) is 17.6 Å². The third-order valence-electron chi connectivity index (χ3n) is 2.86. The second kappa shape index (κ2) is 5.49. The fourth-order valence-electron chi connectivity index (χ4n) is 1.72. The Hall–Kier alpha value is -2.10. The van der Waals surface area contributed by atoms with Gasteiger partial charge in [-0.3, -0.25) is 4.79 Å². The number of furan rings is 1. The summed E-state index contributed by atoms with van der Waals surface area (Å²) >= 11 is 1.19. The van der Waals surface area contributed by atoms with E-state index in [0.717, 1.165) is 0 Å². The highest BCUT2D eigenvalue weighted by Crippen LogP contribution is 2.22. The van der Waals surface area contributed by atoms with Crippen LogP contribution in [0.4, 0.5) is 0 Å². The van der Waals surface area contributed by atoms with E-state index in [1.807, 2.05) is 6.07 Å². The van der Waals surface area contributed by atoms with Gasteiger partial charge in [-0.05, 0) is 37.4 Å². The molecule has 2 N–H and O–H groups in total. The number of nitrogens with zero attached hydrogens (tertiary/aromatic N) is 1. The lowest BCUT2D eigenvalue weighted by Gasteiger charge is -2.21. The number of rotatable bonds is 4. The summed E-state index contributed by atoms with van der Waals surface area (Å²) in [5.41, 5.74) is -0.963. The lowest BCUT2D eigenvalue weighted by Crippen LogP contribution is -2.38. The van der Waals surface area contributed by atoms with Crippen molar-refractivity contribution in [2.24, 2.45) is 0 Å². The van der Waals surface area contributed by atoms with Gasteiger partial charge < -0.3 is 14.8 Å². The standard InChI is InChI=1S/C14H14N2O3S/c1-9-3-4-11(19-9)14(2,18)8-16-13(17)12-10(7-15)5-6-20-12/h3-6,18H,8H2,1-2H3,(H,16,17). The third kappa shape index (κ3) is 2.90. The van der Waals surface area contributed by atoms with Crippen LogP contribution in [0, 0.1) is 18.3 Å². The van der Waals surface area contributed by atoms with Crippen molar-refractivity contribution in [3.8, 4) is 6.07 Å². The van der Waals surface area contributed by atoms with Crippen molar-refractivity contribution in [1.82, 2.24) is 5.32 Å². The number of aryl methyl sites for hydroxylation is 1. The SMILES string of the molecule is Cc1ccc(C(C)(O)CNC(=O)c2sccc2C#N)o1. The van der Waals surface area contributed by atoms with Crippen molar-refractivity contribution < 1.29 is 14.3 Å². The molecule has 2 aromatic heterocycles. The Morgan fingerprint density at radius 3 is 2.90 bits per heavy atom. The molecule has 0 radical (unpaired) electrons. The van der Waals surface area contributed by atoms with E-state index in [2.05, 4.69) is 5.32 Å². The van der Waals surface area contributed by atoms with Crippen LogP contribution in [0.3, 0.4) is 0 Å². The summed E-state index contributed by atoms with van der Waals surface area (Å²) in [6.07, 6.45) is 0. The molecule has 0 bridgehead atoms. The van der Waals surface area contributed by atoms with E-state index in [9.17, 15) is 9.90 Å². The summed E-state index contributed by atoms with van der Waals surface area (Å²) in [4.78, 5) is 12.3. The summed E-state index contributed by atoms with van der Waals surface area (Å²) in [5, 5.41) is 23.5. The van der Waals surface area contributed by atoms with Gasteiger partial charge in [0.25, 0.3) is 5.91 Å². The van der Waals surface area contributed by atoms with Crippen LogP contribution < -0.4 is 5.32 Å². The second-order valence-electron chi connectivity index (χ2n) is 4.64. The molecule has 104 valence electrons. The predicted molar refractivity (Wildman–Crippen MR) is 74.4 cm³/mol. The molecule has 2 rings (SSSR count). The maximum absolute atomic E-state index is 12.0. The van der Waals surface area contributed by atoms with Crippen LogP contribution in [-0.2, 0) is 5.60 Å². The fraction of sp³-hybridized carbons (Fsp3) is 0.286. The van der Waals surface area contributed by atoms with Crippen molar-refractivity contribution in [1.29, 1.82) is 5.26 Å². The Balaban J connectivity index is 2.05. The minimum absolute atomic E-state index is 0.00154. The lowest BCUT2D eigenvalue weighted by atomic mass is 10.0. The number of carbonyl (C=O) groups is 1. The number of hydrogen-bond acceptors (Lipinski definition) is 5. The van der Waals surface area contributed by atoms with Gasteiger partial charge in [0.05, 0.1) is 12.1 Å². The summed E-state index contributed by atoms with van der Waals surface area (Å²) in [6, 6.07) is 6.97. The molecule has 5 nitrogen and oxygen atoms in total. The molecule has 0 fully saturated rings. The van der Waals surface area contributed by atoms with Gasteiger partial charge in [-0.15, -0.1) is 11.3 Å². The zero-order valence-electron chi connectivity index (χ0n) is 11.1. The highest BCUT2D eigenvalue weighted by Gasteiger charge is 2.28. The fourth-order valence-corrected chi connectivity index (χ4v) is 2.48. The predicted octanol–water partition coefficient (Wildman–Crippen LogP) is 2.16. The molecule has 2 aromatic rings. The lowest BCUT2D eigenvalue weighted by molar-refractivity contribution is 0.0324. The van der Waals surface area contributed by atoms with Crippen molar-refractivity contribution in [3.05, 3.63) is 45.5 Å². The molecule has 6 heteroatoms. The van der Waals surface area contributed by atoms with Gasteiger partial charge in [0.2, 0.25) is 0 Å². The molecule has 1 unspecified atom stereocenters.